The van der Waals surface area contributed by atoms with Crippen molar-refractivity contribution in [3.63, 3.8) is 0 Å². The number of allylic oxidation sites excluding steroid dienone is 1. The Labute approximate surface area is 326 Å². The topological polar surface area (TPSA) is 183 Å². The summed E-state index contributed by atoms with van der Waals surface area (Å²) >= 11 is 0. The minimum Gasteiger partial charge on any atom is -0.497 e. The fraction of sp³-hybridized carbons (Fsp3) is 0.605. The van der Waals surface area contributed by atoms with E-state index in [-0.39, 0.29) is 75.2 Å². The lowest BCUT2D eigenvalue weighted by Crippen LogP contribution is -2.62. The van der Waals surface area contributed by atoms with Crippen molar-refractivity contribution in [3.05, 3.63) is 41.6 Å². The van der Waals surface area contributed by atoms with Gasteiger partial charge in [0, 0.05) is 23.3 Å². The van der Waals surface area contributed by atoms with Gasteiger partial charge in [-0.1, -0.05) is 25.0 Å². The summed E-state index contributed by atoms with van der Waals surface area (Å²) in [4.78, 5) is 61.5. The van der Waals surface area contributed by atoms with Gasteiger partial charge in [-0.05, 0) is 63.6 Å². The van der Waals surface area contributed by atoms with Crippen LogP contribution in [0.25, 0.3) is 10.9 Å². The highest BCUT2D eigenvalue weighted by molar-refractivity contribution is 7.90. The second-order valence-electron chi connectivity index (χ2n) is 16.2. The average molecular weight is 820 g/mol. The van der Waals surface area contributed by atoms with E-state index in [1.165, 1.54) is 24.1 Å². The number of hydrogen-bond acceptors (Lipinski definition) is 11. The molecule has 5 atom stereocenters. The van der Waals surface area contributed by atoms with Gasteiger partial charge in [0.1, 0.15) is 29.0 Å². The lowest BCUT2D eigenvalue weighted by molar-refractivity contribution is -0.167. The van der Waals surface area contributed by atoms with Crippen molar-refractivity contribution in [2.45, 2.75) is 99.7 Å². The number of carbonyl (C=O) groups is 4. The number of carbonyl (C=O) groups excluding carboxylic acids is 4. The molecule has 1 aromatic heterocycles. The Bertz CT molecular complexity index is 2160. The van der Waals surface area contributed by atoms with Gasteiger partial charge in [0.15, 0.2) is 17.0 Å². The molecule has 0 radical (unpaired) electrons. The van der Waals surface area contributed by atoms with E-state index in [1.54, 1.807) is 19.1 Å². The van der Waals surface area contributed by atoms with Crippen LogP contribution in [-0.4, -0.2) is 114 Å². The standard InChI is InChI=1S/C38H44F3N5O10S/c1-35(20-54-21-35)56-34(50)43-27-9-7-5-3-4-6-8-22-17-37(22,33(49)46-14-15-57(46,51)52)44-31(47)28-18-36(19-45(28)32(27)48)13-12-24-25-16-23(53-2)10-11-26(25)42-30(29(24)55-36)38(39,40)41/h6,8,10-11,16,22,27-28H,3-5,7,9,12-15,17-21H2,1-2H3,(H,43,50)(H,44,47)/b8-6-/t22-,27+,28+,36-,37-/m1/s1. The Balaban J connectivity index is 1.17. The highest BCUT2D eigenvalue weighted by atomic mass is 32.2. The first-order valence-corrected chi connectivity index (χ1v) is 20.8. The minimum atomic E-state index is -4.93. The molecule has 4 amide bonds. The van der Waals surface area contributed by atoms with Gasteiger partial charge in [-0.2, -0.15) is 13.2 Å². The molecule has 1 aliphatic carbocycles. The first kappa shape index (κ1) is 39.2. The number of halogens is 3. The number of nitrogens with zero attached hydrogens (tertiary/aromatic N) is 3. The number of benzene rings is 1. The van der Waals surface area contributed by atoms with Gasteiger partial charge in [-0.3, -0.25) is 14.4 Å². The number of nitrogens with one attached hydrogen (secondary N) is 2. The maximum absolute atomic E-state index is 14.7. The Morgan fingerprint density at radius 1 is 1.12 bits per heavy atom. The van der Waals surface area contributed by atoms with Crippen molar-refractivity contribution >= 4 is 44.7 Å². The molecule has 1 aromatic carbocycles. The highest BCUT2D eigenvalue weighted by Gasteiger charge is 2.65. The molecule has 1 spiro atoms. The lowest BCUT2D eigenvalue weighted by atomic mass is 9.87. The third-order valence-corrected chi connectivity index (χ3v) is 13.7. The molecule has 1 saturated carbocycles. The van der Waals surface area contributed by atoms with Crippen LogP contribution in [0.2, 0.25) is 0 Å². The largest absolute Gasteiger partial charge is 0.497 e. The van der Waals surface area contributed by atoms with Crippen LogP contribution in [0.15, 0.2) is 30.4 Å². The molecule has 57 heavy (non-hydrogen) atoms. The van der Waals surface area contributed by atoms with Gasteiger partial charge in [0.05, 0.1) is 44.7 Å². The highest BCUT2D eigenvalue weighted by Crippen LogP contribution is 2.50. The molecule has 0 unspecified atom stereocenters. The third kappa shape index (κ3) is 7.14. The maximum atomic E-state index is 14.7. The van der Waals surface area contributed by atoms with E-state index in [2.05, 4.69) is 15.6 Å². The third-order valence-electron chi connectivity index (χ3n) is 12.0. The summed E-state index contributed by atoms with van der Waals surface area (Å²) in [6.45, 7) is 1.64. The normalized spacial score (nSPS) is 31.1. The second kappa shape index (κ2) is 14.0. The SMILES string of the molecule is COc1ccc2nc(C(F)(F)F)c3c(c2c1)CC[C@]1(C[C@H]2C(=O)N[C@]4(C(=O)N5CCS5(=O)=O)C[C@H]4/C=C\CCCCC[C@H](NC(=O)OC4(C)COC4)C(=O)N2C1)O3. The van der Waals surface area contributed by atoms with Crippen LogP contribution in [0.5, 0.6) is 11.5 Å². The fourth-order valence-corrected chi connectivity index (χ4v) is 9.73. The molecule has 6 heterocycles. The molecule has 2 aromatic rings. The van der Waals surface area contributed by atoms with E-state index in [4.69, 9.17) is 18.9 Å². The average Bonchev–Trinajstić information content (AvgIpc) is 3.72. The summed E-state index contributed by atoms with van der Waals surface area (Å²) < 4.78 is 92.5. The zero-order chi connectivity index (χ0) is 40.5. The maximum Gasteiger partial charge on any atom is 0.437 e. The number of aryl methyl sites for hydroxylation is 1. The quantitative estimate of drug-likeness (QED) is 0.432. The number of ether oxygens (including phenoxy) is 4. The van der Waals surface area contributed by atoms with E-state index >= 15 is 0 Å². The summed E-state index contributed by atoms with van der Waals surface area (Å²) in [5.41, 5.74) is -4.94. The van der Waals surface area contributed by atoms with Gasteiger partial charge in [0.2, 0.25) is 21.8 Å². The minimum absolute atomic E-state index is 0.0373. The summed E-state index contributed by atoms with van der Waals surface area (Å²) in [5.74, 6) is -3.12. The molecule has 2 N–H and O–H groups in total. The van der Waals surface area contributed by atoms with Crippen LogP contribution >= 0.6 is 0 Å². The number of amides is 4. The van der Waals surface area contributed by atoms with Gasteiger partial charge in [-0.15, -0.1) is 0 Å². The van der Waals surface area contributed by atoms with Crippen molar-refractivity contribution in [1.82, 2.24) is 24.8 Å². The van der Waals surface area contributed by atoms with Crippen LogP contribution in [0.4, 0.5) is 18.0 Å². The Morgan fingerprint density at radius 3 is 2.58 bits per heavy atom. The molecule has 8 rings (SSSR count). The molecule has 6 aliphatic rings. The van der Waals surface area contributed by atoms with E-state index in [1.807, 2.05) is 6.08 Å². The molecule has 5 aliphatic heterocycles. The Kier molecular flexibility index (Phi) is 9.64. The number of alkyl carbamates (subject to hydrolysis) is 1. The predicted octanol–water partition coefficient (Wildman–Crippen LogP) is 3.38. The van der Waals surface area contributed by atoms with Crippen LogP contribution in [0.1, 0.15) is 69.5 Å². The second-order valence-corrected chi connectivity index (χ2v) is 18.2. The van der Waals surface area contributed by atoms with Crippen molar-refractivity contribution in [3.8, 4) is 11.5 Å². The van der Waals surface area contributed by atoms with Crippen molar-refractivity contribution in [2.24, 2.45) is 5.92 Å². The first-order valence-electron chi connectivity index (χ1n) is 19.1. The van der Waals surface area contributed by atoms with Gasteiger partial charge in [0.25, 0.3) is 5.91 Å². The lowest BCUT2D eigenvalue weighted by Gasteiger charge is -2.38. The van der Waals surface area contributed by atoms with Crippen LogP contribution in [0, 0.1) is 5.92 Å². The van der Waals surface area contributed by atoms with Crippen LogP contribution in [0.3, 0.4) is 0 Å². The Hall–Kier alpha value is -4.65. The van der Waals surface area contributed by atoms with E-state index in [9.17, 15) is 40.8 Å². The van der Waals surface area contributed by atoms with E-state index in [0.29, 0.717) is 36.8 Å². The van der Waals surface area contributed by atoms with Crippen LogP contribution < -0.4 is 20.1 Å². The predicted molar refractivity (Wildman–Crippen MR) is 194 cm³/mol. The number of methoxy groups -OCH3 is 1. The summed E-state index contributed by atoms with van der Waals surface area (Å²) in [5, 5.41) is 5.87. The zero-order valence-electron chi connectivity index (χ0n) is 31.5. The number of aromatic nitrogens is 1. The molecule has 19 heteroatoms. The molecule has 308 valence electrons. The zero-order valence-corrected chi connectivity index (χ0v) is 32.3. The summed E-state index contributed by atoms with van der Waals surface area (Å²) in [6, 6.07) is 1.95. The number of fused-ring (bicyclic) bond motifs is 5. The summed E-state index contributed by atoms with van der Waals surface area (Å²) in [7, 11) is -2.42. The fourth-order valence-electron chi connectivity index (χ4n) is 8.65. The van der Waals surface area contributed by atoms with E-state index < -0.39 is 86.2 Å². The van der Waals surface area contributed by atoms with Crippen molar-refractivity contribution in [2.75, 3.05) is 39.2 Å². The molecule has 4 fully saturated rings. The van der Waals surface area contributed by atoms with Crippen molar-refractivity contribution in [1.29, 1.82) is 0 Å². The van der Waals surface area contributed by atoms with Crippen molar-refractivity contribution < 1.29 is 59.7 Å². The van der Waals surface area contributed by atoms with Gasteiger partial charge < -0.3 is 34.5 Å². The number of sulfonamides is 1. The molecular formula is C38H44F3N5O10S. The smallest absolute Gasteiger partial charge is 0.437 e. The van der Waals surface area contributed by atoms with Crippen LogP contribution in [-0.2, 0) is 46.5 Å². The number of alkyl halides is 3. The van der Waals surface area contributed by atoms with Gasteiger partial charge >= 0.3 is 12.3 Å². The monoisotopic (exact) mass is 819 g/mol. The van der Waals surface area contributed by atoms with Gasteiger partial charge in [-0.25, -0.2) is 22.5 Å². The molecule has 0 bridgehead atoms. The van der Waals surface area contributed by atoms with E-state index in [0.717, 1.165) is 4.31 Å². The molecular weight excluding hydrogens is 776 g/mol. The summed E-state index contributed by atoms with van der Waals surface area (Å²) in [6.07, 6.45) is 0.540. The molecule has 3 saturated heterocycles. The number of rotatable bonds is 4. The Morgan fingerprint density at radius 2 is 1.91 bits per heavy atom. The number of hydrogen-bond donors (Lipinski definition) is 2. The number of pyridine rings is 1. The molecule has 15 nitrogen and oxygen atoms in total. The first-order chi connectivity index (χ1) is 27.0.